The molecule has 0 spiro atoms. The first kappa shape index (κ1) is 14.9. The fourth-order valence-corrected chi connectivity index (χ4v) is 2.09. The lowest BCUT2D eigenvalue weighted by atomic mass is 10.1. The lowest BCUT2D eigenvalue weighted by molar-refractivity contribution is -0.858. The van der Waals surface area contributed by atoms with Crippen LogP contribution in [-0.4, -0.2) is 32.3 Å². The Morgan fingerprint density at radius 3 is 2.33 bits per heavy atom. The van der Waals surface area contributed by atoms with E-state index >= 15 is 0 Å². The van der Waals surface area contributed by atoms with E-state index in [4.69, 9.17) is 12.2 Å². The van der Waals surface area contributed by atoms with Crippen molar-refractivity contribution >= 4 is 23.0 Å². The van der Waals surface area contributed by atoms with Gasteiger partial charge < -0.3 is 15.5 Å². The SMILES string of the molecule is Cc1cc(C)cc(NC(=S)NCCC[NH+](C)C)c1. The number of thiocarbonyl (C=S) groups is 1. The van der Waals surface area contributed by atoms with Gasteiger partial charge in [0.15, 0.2) is 5.11 Å². The van der Waals surface area contributed by atoms with Gasteiger partial charge in [0.2, 0.25) is 0 Å². The van der Waals surface area contributed by atoms with E-state index < -0.39 is 0 Å². The minimum atomic E-state index is 0.703. The molecule has 18 heavy (non-hydrogen) atoms. The molecule has 0 radical (unpaired) electrons. The largest absolute Gasteiger partial charge is 0.362 e. The molecule has 0 atom stereocenters. The number of rotatable bonds is 5. The minimum absolute atomic E-state index is 0.703. The minimum Gasteiger partial charge on any atom is -0.362 e. The van der Waals surface area contributed by atoms with Crippen LogP contribution in [0.15, 0.2) is 18.2 Å². The van der Waals surface area contributed by atoms with E-state index in [1.54, 1.807) is 0 Å². The number of hydrogen-bond donors (Lipinski definition) is 3. The van der Waals surface area contributed by atoms with Crippen LogP contribution < -0.4 is 15.5 Å². The molecule has 100 valence electrons. The Morgan fingerprint density at radius 1 is 1.17 bits per heavy atom. The monoisotopic (exact) mass is 266 g/mol. The van der Waals surface area contributed by atoms with Crippen LogP contribution in [0.25, 0.3) is 0 Å². The van der Waals surface area contributed by atoms with E-state index in [1.807, 2.05) is 0 Å². The topological polar surface area (TPSA) is 28.5 Å². The van der Waals surface area contributed by atoms with Crippen LogP contribution in [0.2, 0.25) is 0 Å². The first-order valence-corrected chi connectivity index (χ1v) is 6.80. The number of hydrogen-bond acceptors (Lipinski definition) is 1. The fraction of sp³-hybridized carbons (Fsp3) is 0.500. The first-order chi connectivity index (χ1) is 8.47. The van der Waals surface area contributed by atoms with Gasteiger partial charge in [-0.2, -0.15) is 0 Å². The summed E-state index contributed by atoms with van der Waals surface area (Å²) in [6, 6.07) is 6.36. The van der Waals surface area contributed by atoms with E-state index in [0.717, 1.165) is 25.2 Å². The Kier molecular flexibility index (Phi) is 6.09. The van der Waals surface area contributed by atoms with Gasteiger partial charge in [-0.3, -0.25) is 0 Å². The highest BCUT2D eigenvalue weighted by molar-refractivity contribution is 7.80. The van der Waals surface area contributed by atoms with Crippen molar-refractivity contribution in [2.75, 3.05) is 32.5 Å². The number of benzene rings is 1. The summed E-state index contributed by atoms with van der Waals surface area (Å²) < 4.78 is 0. The van der Waals surface area contributed by atoms with Crippen LogP contribution in [-0.2, 0) is 0 Å². The van der Waals surface area contributed by atoms with Crippen molar-refractivity contribution < 1.29 is 4.90 Å². The summed E-state index contributed by atoms with van der Waals surface area (Å²) in [5.41, 5.74) is 3.55. The third-order valence-electron chi connectivity index (χ3n) is 2.62. The van der Waals surface area contributed by atoms with Gasteiger partial charge in [0.1, 0.15) is 0 Å². The summed E-state index contributed by atoms with van der Waals surface area (Å²) in [7, 11) is 4.32. The number of anilines is 1. The maximum atomic E-state index is 5.27. The van der Waals surface area contributed by atoms with E-state index in [2.05, 4.69) is 56.8 Å². The van der Waals surface area contributed by atoms with E-state index in [9.17, 15) is 0 Å². The standard InChI is InChI=1S/C14H23N3S/c1-11-8-12(2)10-13(9-11)16-14(18)15-6-5-7-17(3)4/h8-10H,5-7H2,1-4H3,(H2,15,16,18)/p+1. The van der Waals surface area contributed by atoms with Crippen LogP contribution >= 0.6 is 12.2 Å². The highest BCUT2D eigenvalue weighted by atomic mass is 32.1. The van der Waals surface area contributed by atoms with Crippen molar-refractivity contribution in [3.05, 3.63) is 29.3 Å². The zero-order chi connectivity index (χ0) is 13.5. The van der Waals surface area contributed by atoms with Gasteiger partial charge in [0.25, 0.3) is 0 Å². The molecular formula is C14H24N3S+. The van der Waals surface area contributed by atoms with E-state index in [-0.39, 0.29) is 0 Å². The third kappa shape index (κ3) is 5.98. The molecule has 3 N–H and O–H groups in total. The summed E-state index contributed by atoms with van der Waals surface area (Å²) in [6.45, 7) is 6.25. The molecule has 0 fully saturated rings. The maximum Gasteiger partial charge on any atom is 0.170 e. The average Bonchev–Trinajstić information content (AvgIpc) is 2.22. The quantitative estimate of drug-likeness (QED) is 0.551. The molecule has 0 heterocycles. The molecule has 0 aliphatic carbocycles. The molecule has 0 aromatic heterocycles. The first-order valence-electron chi connectivity index (χ1n) is 6.39. The van der Waals surface area contributed by atoms with Gasteiger partial charge >= 0.3 is 0 Å². The van der Waals surface area contributed by atoms with Gasteiger partial charge in [0, 0.05) is 18.7 Å². The van der Waals surface area contributed by atoms with E-state index in [0.29, 0.717) is 5.11 Å². The predicted octanol–water partition coefficient (Wildman–Crippen LogP) is 1.12. The highest BCUT2D eigenvalue weighted by Crippen LogP contribution is 2.13. The molecule has 0 unspecified atom stereocenters. The molecular weight excluding hydrogens is 242 g/mol. The summed E-state index contributed by atoms with van der Waals surface area (Å²) in [5, 5.41) is 7.16. The second-order valence-corrected chi connectivity index (χ2v) is 5.48. The zero-order valence-corrected chi connectivity index (χ0v) is 12.6. The lowest BCUT2D eigenvalue weighted by Crippen LogP contribution is -3.05. The van der Waals surface area contributed by atoms with Crippen molar-refractivity contribution in [3.63, 3.8) is 0 Å². The molecule has 0 amide bonds. The molecule has 1 rings (SSSR count). The third-order valence-corrected chi connectivity index (χ3v) is 2.87. The number of quaternary nitrogens is 1. The van der Waals surface area contributed by atoms with Crippen molar-refractivity contribution in [2.45, 2.75) is 20.3 Å². The molecule has 1 aromatic carbocycles. The van der Waals surface area contributed by atoms with Gasteiger partial charge in [0.05, 0.1) is 20.6 Å². The van der Waals surface area contributed by atoms with Crippen LogP contribution in [0.5, 0.6) is 0 Å². The Balaban J connectivity index is 2.35. The smallest absolute Gasteiger partial charge is 0.170 e. The van der Waals surface area contributed by atoms with Crippen LogP contribution in [0.3, 0.4) is 0 Å². The van der Waals surface area contributed by atoms with Crippen LogP contribution in [0.1, 0.15) is 17.5 Å². The summed E-state index contributed by atoms with van der Waals surface area (Å²) in [4.78, 5) is 1.46. The second kappa shape index (κ2) is 7.34. The average molecular weight is 266 g/mol. The molecule has 0 aliphatic rings. The van der Waals surface area contributed by atoms with Crippen molar-refractivity contribution in [3.8, 4) is 0 Å². The molecule has 3 nitrogen and oxygen atoms in total. The van der Waals surface area contributed by atoms with Gasteiger partial charge in [-0.1, -0.05) is 6.07 Å². The van der Waals surface area contributed by atoms with Crippen LogP contribution in [0.4, 0.5) is 5.69 Å². The highest BCUT2D eigenvalue weighted by Gasteiger charge is 2.00. The molecule has 0 aliphatic heterocycles. The predicted molar refractivity (Wildman–Crippen MR) is 82.4 cm³/mol. The van der Waals surface area contributed by atoms with E-state index in [1.165, 1.54) is 16.0 Å². The van der Waals surface area contributed by atoms with Crippen molar-refractivity contribution in [1.82, 2.24) is 5.32 Å². The van der Waals surface area contributed by atoms with Gasteiger partial charge in [-0.05, 0) is 49.3 Å². The summed E-state index contributed by atoms with van der Waals surface area (Å²) in [6.07, 6.45) is 1.12. The number of nitrogens with one attached hydrogen (secondary N) is 3. The Hall–Kier alpha value is -1.13. The second-order valence-electron chi connectivity index (χ2n) is 5.07. The number of aryl methyl sites for hydroxylation is 2. The maximum absolute atomic E-state index is 5.27. The van der Waals surface area contributed by atoms with Crippen LogP contribution in [0, 0.1) is 13.8 Å². The Bertz CT molecular complexity index is 382. The molecule has 4 heteroatoms. The zero-order valence-electron chi connectivity index (χ0n) is 11.8. The van der Waals surface area contributed by atoms with Gasteiger partial charge in [-0.15, -0.1) is 0 Å². The Labute approximate surface area is 116 Å². The Morgan fingerprint density at radius 2 is 1.78 bits per heavy atom. The van der Waals surface area contributed by atoms with Crippen molar-refractivity contribution in [1.29, 1.82) is 0 Å². The normalized spacial score (nSPS) is 10.5. The molecule has 0 saturated heterocycles. The summed E-state index contributed by atoms with van der Waals surface area (Å²) in [5.74, 6) is 0. The summed E-state index contributed by atoms with van der Waals surface area (Å²) >= 11 is 5.27. The van der Waals surface area contributed by atoms with Crippen molar-refractivity contribution in [2.24, 2.45) is 0 Å². The molecule has 0 saturated carbocycles. The molecule has 0 bridgehead atoms. The lowest BCUT2D eigenvalue weighted by Gasteiger charge is -2.12. The fourth-order valence-electron chi connectivity index (χ4n) is 1.87. The molecule has 1 aromatic rings. The van der Waals surface area contributed by atoms with Gasteiger partial charge in [-0.25, -0.2) is 0 Å².